The molecule has 45 heavy (non-hydrogen) atoms. The van der Waals surface area contributed by atoms with Gasteiger partial charge in [0.1, 0.15) is 45.0 Å². The number of phenols is 1. The van der Waals surface area contributed by atoms with E-state index in [1.54, 1.807) is 28.7 Å². The van der Waals surface area contributed by atoms with Crippen molar-refractivity contribution in [2.75, 3.05) is 13.2 Å². The van der Waals surface area contributed by atoms with Gasteiger partial charge in [0.2, 0.25) is 17.4 Å². The molecule has 0 aliphatic rings. The Hall–Kier alpha value is -0.850. The first-order valence-electron chi connectivity index (χ1n) is 11.4. The first-order chi connectivity index (χ1) is 20.7. The molecule has 20 heteroatoms. The topological polar surface area (TPSA) is 156 Å². The fourth-order valence-electron chi connectivity index (χ4n) is 3.31. The van der Waals surface area contributed by atoms with Crippen molar-refractivity contribution in [3.63, 3.8) is 0 Å². The van der Waals surface area contributed by atoms with Gasteiger partial charge in [-0.15, -0.1) is 0 Å². The lowest BCUT2D eigenvalue weighted by atomic mass is 9.93. The predicted molar refractivity (Wildman–Crippen MR) is 187 cm³/mol. The molecule has 0 saturated heterocycles. The third kappa shape index (κ3) is 8.79. The van der Waals surface area contributed by atoms with E-state index in [-0.39, 0.29) is 14.7 Å². The van der Waals surface area contributed by atoms with Gasteiger partial charge >= 0.3 is 17.9 Å². The number of aromatic hydroxyl groups is 1. The van der Waals surface area contributed by atoms with Gasteiger partial charge in [-0.05, 0) is 144 Å². The molecule has 0 aliphatic heterocycles. The monoisotopic (exact) mass is 1210 g/mol. The van der Waals surface area contributed by atoms with Crippen LogP contribution in [0.25, 0.3) is 0 Å². The SMILES string of the molecule is CC(COC(=O)c1cc(I)cc(I)c1O)(COC(=O)c1cc(I)cc(I)c1I)C(=O)Oc1c(F)c(F)c(S(=O)(=O)[O-])c(F)c1F. The zero-order valence-electron chi connectivity index (χ0n) is 21.7. The van der Waals surface area contributed by atoms with Gasteiger partial charge in [-0.2, -0.15) is 8.78 Å². The lowest BCUT2D eigenvalue weighted by molar-refractivity contribution is -0.150. The zero-order chi connectivity index (χ0) is 34.2. The molecule has 0 spiro atoms. The summed E-state index contributed by atoms with van der Waals surface area (Å²) in [6.45, 7) is -1.08. The summed E-state index contributed by atoms with van der Waals surface area (Å²) >= 11 is 9.37. The first kappa shape index (κ1) is 38.6. The lowest BCUT2D eigenvalue weighted by Crippen LogP contribution is -2.42. The van der Waals surface area contributed by atoms with E-state index in [0.717, 1.165) is 6.92 Å². The van der Waals surface area contributed by atoms with Crippen molar-refractivity contribution >= 4 is 141 Å². The molecule has 1 N–H and O–H groups in total. The first-order valence-corrected chi connectivity index (χ1v) is 18.2. The van der Waals surface area contributed by atoms with Crippen LogP contribution in [0.3, 0.4) is 0 Å². The van der Waals surface area contributed by atoms with Crippen molar-refractivity contribution in [1.29, 1.82) is 0 Å². The fourth-order valence-corrected chi connectivity index (χ4v) is 8.15. The van der Waals surface area contributed by atoms with Crippen LogP contribution in [0.15, 0.2) is 29.2 Å². The standard InChI is InChI=1S/C25H13F4I5O10S/c1-25(6-42-22(36)10-2-8(30)4-12(32)18(10)34,7-43-23(37)11-3-9(31)5-13(33)19(11)35)24(38)44-20-14(26)16(28)21(45(39,40)41)17(29)15(20)27/h2-5,35H,6-7H2,1H3,(H,39,40,41)/p-1. The van der Waals surface area contributed by atoms with Crippen molar-refractivity contribution in [3.8, 4) is 11.5 Å². The molecule has 0 bridgehead atoms. The van der Waals surface area contributed by atoms with Crippen LogP contribution >= 0.6 is 113 Å². The van der Waals surface area contributed by atoms with E-state index in [1.165, 1.54) is 18.2 Å². The highest BCUT2D eigenvalue weighted by molar-refractivity contribution is 14.1. The summed E-state index contributed by atoms with van der Waals surface area (Å²) in [5, 5.41) is 10.3. The van der Waals surface area contributed by atoms with E-state index in [0.29, 0.717) is 14.3 Å². The van der Waals surface area contributed by atoms with Gasteiger partial charge in [0.05, 0.1) is 9.13 Å². The number of rotatable bonds is 9. The minimum Gasteiger partial charge on any atom is -0.744 e. The maximum atomic E-state index is 14.6. The van der Waals surface area contributed by atoms with E-state index >= 15 is 0 Å². The van der Waals surface area contributed by atoms with Gasteiger partial charge < -0.3 is 23.9 Å². The molecule has 0 aromatic heterocycles. The Morgan fingerprint density at radius 1 is 0.800 bits per heavy atom. The van der Waals surface area contributed by atoms with E-state index < -0.39 is 86.3 Å². The molecule has 10 nitrogen and oxygen atoms in total. The quantitative estimate of drug-likeness (QED) is 0.0627. The Labute approximate surface area is 319 Å². The molecule has 0 amide bonds. The minimum absolute atomic E-state index is 0.0635. The average Bonchev–Trinajstić information content (AvgIpc) is 2.94. The molecular formula is C25H12F4I5O10S-. The molecule has 3 aromatic carbocycles. The summed E-state index contributed by atoms with van der Waals surface area (Å²) in [6.07, 6.45) is 0. The molecular weight excluding hydrogens is 1200 g/mol. The minimum atomic E-state index is -6.05. The Kier molecular flexibility index (Phi) is 13.0. The Morgan fingerprint density at radius 2 is 1.24 bits per heavy atom. The molecule has 3 aromatic rings. The third-order valence-corrected chi connectivity index (χ3v) is 11.6. The molecule has 3 rings (SSSR count). The number of carbonyl (C=O) groups is 3. The van der Waals surface area contributed by atoms with Crippen LogP contribution in [0.5, 0.6) is 11.5 Å². The maximum Gasteiger partial charge on any atom is 0.342 e. The molecule has 0 aliphatic carbocycles. The van der Waals surface area contributed by atoms with Crippen LogP contribution in [0.4, 0.5) is 17.6 Å². The predicted octanol–water partition coefficient (Wildman–Crippen LogP) is 6.50. The smallest absolute Gasteiger partial charge is 0.342 e. The van der Waals surface area contributed by atoms with E-state index in [1.807, 2.05) is 90.4 Å². The van der Waals surface area contributed by atoms with E-state index in [2.05, 4.69) is 4.74 Å². The average molecular weight is 1210 g/mol. The summed E-state index contributed by atoms with van der Waals surface area (Å²) < 4.78 is 109. The summed E-state index contributed by atoms with van der Waals surface area (Å²) in [7, 11) is -6.05. The van der Waals surface area contributed by atoms with Crippen LogP contribution in [0.2, 0.25) is 0 Å². The molecule has 1 atom stereocenters. The second-order valence-corrected chi connectivity index (χ2v) is 16.2. The van der Waals surface area contributed by atoms with Gasteiger partial charge in [-0.1, -0.05) is 0 Å². The van der Waals surface area contributed by atoms with Gasteiger partial charge in [0.25, 0.3) is 0 Å². The number of esters is 3. The number of phenolic OH excluding ortho intramolecular Hbond substituents is 1. The van der Waals surface area contributed by atoms with Crippen molar-refractivity contribution in [2.24, 2.45) is 5.41 Å². The van der Waals surface area contributed by atoms with Crippen LogP contribution in [-0.4, -0.2) is 49.2 Å². The number of benzene rings is 3. The highest BCUT2D eigenvalue weighted by Crippen LogP contribution is 2.35. The number of halogens is 9. The Bertz CT molecular complexity index is 1750. The highest BCUT2D eigenvalue weighted by Gasteiger charge is 2.42. The van der Waals surface area contributed by atoms with Gasteiger partial charge in [-0.3, -0.25) is 4.79 Å². The number of carbonyl (C=O) groups excluding carboxylic acids is 3. The van der Waals surface area contributed by atoms with Gasteiger partial charge in [0, 0.05) is 14.3 Å². The molecule has 242 valence electrons. The third-order valence-electron chi connectivity index (χ3n) is 5.63. The fraction of sp³-hybridized carbons (Fsp3) is 0.160. The molecule has 0 radical (unpaired) electrons. The summed E-state index contributed by atoms with van der Waals surface area (Å²) in [6, 6.07) is 6.00. The second-order valence-electron chi connectivity index (χ2n) is 9.00. The normalized spacial score (nSPS) is 12.8. The van der Waals surface area contributed by atoms with E-state index in [4.69, 9.17) is 9.47 Å². The highest BCUT2D eigenvalue weighted by atomic mass is 127. The van der Waals surface area contributed by atoms with Crippen molar-refractivity contribution in [2.45, 2.75) is 11.8 Å². The van der Waals surface area contributed by atoms with Crippen molar-refractivity contribution in [3.05, 3.63) is 76.5 Å². The molecule has 0 saturated carbocycles. The maximum absolute atomic E-state index is 14.6. The van der Waals surface area contributed by atoms with E-state index in [9.17, 15) is 50.0 Å². The Balaban J connectivity index is 2.01. The summed E-state index contributed by atoms with van der Waals surface area (Å²) in [5.41, 5.74) is -2.61. The second kappa shape index (κ2) is 15.1. The lowest BCUT2D eigenvalue weighted by Gasteiger charge is -2.27. The van der Waals surface area contributed by atoms with Crippen LogP contribution in [0.1, 0.15) is 27.6 Å². The molecule has 1 unspecified atom stereocenters. The summed E-state index contributed by atoms with van der Waals surface area (Å²) in [4.78, 5) is 36.6. The van der Waals surface area contributed by atoms with Crippen LogP contribution in [-0.2, 0) is 24.4 Å². The number of hydrogen-bond acceptors (Lipinski definition) is 10. The summed E-state index contributed by atoms with van der Waals surface area (Å²) in [5.74, 6) is -16.8. The molecule has 0 fully saturated rings. The van der Waals surface area contributed by atoms with Crippen molar-refractivity contribution < 1.29 is 64.2 Å². The number of hydrogen-bond donors (Lipinski definition) is 1. The Morgan fingerprint density at radius 3 is 1.73 bits per heavy atom. The van der Waals surface area contributed by atoms with Gasteiger partial charge in [-0.25, -0.2) is 26.8 Å². The van der Waals surface area contributed by atoms with Gasteiger partial charge in [0.15, 0.2) is 11.6 Å². The largest absolute Gasteiger partial charge is 0.744 e. The van der Waals surface area contributed by atoms with Crippen LogP contribution < -0.4 is 4.74 Å². The van der Waals surface area contributed by atoms with Crippen LogP contribution in [0, 0.1) is 46.5 Å². The molecule has 0 heterocycles. The van der Waals surface area contributed by atoms with Crippen molar-refractivity contribution in [1.82, 2.24) is 0 Å². The number of ether oxygens (including phenoxy) is 3. The zero-order valence-corrected chi connectivity index (χ0v) is 33.3.